The van der Waals surface area contributed by atoms with E-state index in [1.54, 1.807) is 37.3 Å². The van der Waals surface area contributed by atoms with Crippen molar-refractivity contribution in [3.8, 4) is 0 Å². The van der Waals surface area contributed by atoms with E-state index in [1.807, 2.05) is 0 Å². The molecule has 1 rings (SSSR count). The van der Waals surface area contributed by atoms with Crippen LogP contribution in [0.5, 0.6) is 0 Å². The number of aromatic nitrogens is 1. The first-order valence-electron chi connectivity index (χ1n) is 5.71. The van der Waals surface area contributed by atoms with E-state index in [0.29, 0.717) is 28.5 Å². The molecule has 5 nitrogen and oxygen atoms in total. The molecule has 6 heteroatoms. The number of carboxylic acid groups (broad SMARTS) is 1. The van der Waals surface area contributed by atoms with Gasteiger partial charge in [-0.2, -0.15) is 5.10 Å². The SMILES string of the molecule is C=C(c1ncccc1Cl)N(C)/N=C(\C)CCC(=O)O. The van der Waals surface area contributed by atoms with E-state index < -0.39 is 5.97 Å². The van der Waals surface area contributed by atoms with E-state index in [0.717, 1.165) is 0 Å². The molecule has 19 heavy (non-hydrogen) atoms. The van der Waals surface area contributed by atoms with Crippen LogP contribution in [0.3, 0.4) is 0 Å². The minimum atomic E-state index is -0.844. The third-order valence-corrected chi connectivity index (χ3v) is 2.75. The zero-order chi connectivity index (χ0) is 14.4. The Kier molecular flexibility index (Phi) is 5.51. The number of rotatable bonds is 6. The summed E-state index contributed by atoms with van der Waals surface area (Å²) in [5, 5.41) is 14.9. The zero-order valence-corrected chi connectivity index (χ0v) is 11.7. The Bertz CT molecular complexity index is 514. The Balaban J connectivity index is 2.75. The quantitative estimate of drug-likeness (QED) is 0.643. The molecular weight excluding hydrogens is 266 g/mol. The van der Waals surface area contributed by atoms with Gasteiger partial charge < -0.3 is 5.11 Å². The van der Waals surface area contributed by atoms with Crippen molar-refractivity contribution in [3.05, 3.63) is 35.6 Å². The van der Waals surface area contributed by atoms with Gasteiger partial charge in [0, 0.05) is 19.0 Å². The fraction of sp³-hybridized carbons (Fsp3) is 0.308. The number of carboxylic acids is 1. The van der Waals surface area contributed by atoms with Crippen molar-refractivity contribution in [2.45, 2.75) is 19.8 Å². The van der Waals surface area contributed by atoms with Gasteiger partial charge in [-0.25, -0.2) is 0 Å². The Morgan fingerprint density at radius 1 is 1.58 bits per heavy atom. The Morgan fingerprint density at radius 3 is 2.84 bits per heavy atom. The molecule has 1 aromatic rings. The van der Waals surface area contributed by atoms with Gasteiger partial charge in [-0.05, 0) is 25.5 Å². The summed E-state index contributed by atoms with van der Waals surface area (Å²) in [6, 6.07) is 3.46. The van der Waals surface area contributed by atoms with E-state index in [9.17, 15) is 4.79 Å². The van der Waals surface area contributed by atoms with Crippen LogP contribution in [0.25, 0.3) is 5.70 Å². The summed E-state index contributed by atoms with van der Waals surface area (Å²) >= 11 is 6.03. The molecule has 0 spiro atoms. The first-order chi connectivity index (χ1) is 8.91. The number of hydrogen-bond donors (Lipinski definition) is 1. The highest BCUT2D eigenvalue weighted by atomic mass is 35.5. The standard InChI is InChI=1S/C13H16ClN3O2/c1-9(6-7-12(18)19)16-17(3)10(2)13-11(14)5-4-8-15-13/h4-5,8H,2,6-7H2,1,3H3,(H,18,19)/b16-9+. The summed E-state index contributed by atoms with van der Waals surface area (Å²) in [4.78, 5) is 14.6. The Labute approximate surface area is 117 Å². The maximum atomic E-state index is 10.5. The van der Waals surface area contributed by atoms with Crippen LogP contribution in [-0.4, -0.2) is 33.8 Å². The van der Waals surface area contributed by atoms with Gasteiger partial charge in [0.15, 0.2) is 0 Å². The average molecular weight is 282 g/mol. The van der Waals surface area contributed by atoms with Crippen molar-refractivity contribution >= 4 is 29.0 Å². The minimum Gasteiger partial charge on any atom is -0.481 e. The second-order valence-corrected chi connectivity index (χ2v) is 4.44. The lowest BCUT2D eigenvalue weighted by molar-refractivity contribution is -0.136. The Morgan fingerprint density at radius 2 is 2.26 bits per heavy atom. The molecule has 0 atom stereocenters. The molecule has 0 aliphatic carbocycles. The number of pyridine rings is 1. The molecule has 102 valence electrons. The second kappa shape index (κ2) is 6.89. The molecule has 0 aromatic carbocycles. The maximum absolute atomic E-state index is 10.5. The number of hydrogen-bond acceptors (Lipinski definition) is 4. The topological polar surface area (TPSA) is 65.8 Å². The van der Waals surface area contributed by atoms with Gasteiger partial charge in [-0.15, -0.1) is 0 Å². The molecular formula is C13H16ClN3O2. The maximum Gasteiger partial charge on any atom is 0.303 e. The van der Waals surface area contributed by atoms with Crippen LogP contribution in [-0.2, 0) is 4.79 Å². The number of nitrogens with zero attached hydrogens (tertiary/aromatic N) is 3. The predicted octanol–water partition coefficient (Wildman–Crippen LogP) is 2.88. The van der Waals surface area contributed by atoms with Gasteiger partial charge in [0.25, 0.3) is 0 Å². The van der Waals surface area contributed by atoms with E-state index in [4.69, 9.17) is 16.7 Å². The van der Waals surface area contributed by atoms with Gasteiger partial charge in [0.1, 0.15) is 5.69 Å². The van der Waals surface area contributed by atoms with Crippen LogP contribution in [0.1, 0.15) is 25.5 Å². The van der Waals surface area contributed by atoms with Gasteiger partial charge in [0.2, 0.25) is 0 Å². The average Bonchev–Trinajstić information content (AvgIpc) is 2.36. The van der Waals surface area contributed by atoms with Crippen LogP contribution in [0, 0.1) is 0 Å². The van der Waals surface area contributed by atoms with Crippen LogP contribution in [0.4, 0.5) is 0 Å². The van der Waals surface area contributed by atoms with E-state index in [-0.39, 0.29) is 6.42 Å². The third kappa shape index (κ3) is 4.71. The first kappa shape index (κ1) is 15.2. The van der Waals surface area contributed by atoms with Crippen molar-refractivity contribution in [1.29, 1.82) is 0 Å². The summed E-state index contributed by atoms with van der Waals surface area (Å²) in [6.07, 6.45) is 2.07. The molecule has 1 aromatic heterocycles. The van der Waals surface area contributed by atoms with Crippen LogP contribution in [0.15, 0.2) is 30.0 Å². The van der Waals surface area contributed by atoms with E-state index in [1.165, 1.54) is 0 Å². The number of hydrazone groups is 1. The van der Waals surface area contributed by atoms with Crippen molar-refractivity contribution in [2.24, 2.45) is 5.10 Å². The molecule has 0 bridgehead atoms. The highest BCUT2D eigenvalue weighted by molar-refractivity contribution is 6.32. The number of halogens is 1. The largest absolute Gasteiger partial charge is 0.481 e. The molecule has 0 aliphatic rings. The van der Waals surface area contributed by atoms with Gasteiger partial charge in [-0.3, -0.25) is 14.8 Å². The van der Waals surface area contributed by atoms with Crippen molar-refractivity contribution in [1.82, 2.24) is 9.99 Å². The molecule has 0 aliphatic heterocycles. The second-order valence-electron chi connectivity index (χ2n) is 4.03. The highest BCUT2D eigenvalue weighted by Gasteiger charge is 2.10. The summed E-state index contributed by atoms with van der Waals surface area (Å²) in [5.41, 5.74) is 1.82. The molecule has 1 heterocycles. The number of aliphatic carboxylic acids is 1. The van der Waals surface area contributed by atoms with Crippen LogP contribution < -0.4 is 0 Å². The van der Waals surface area contributed by atoms with Crippen LogP contribution in [0.2, 0.25) is 5.02 Å². The molecule has 0 unspecified atom stereocenters. The Hall–Kier alpha value is -1.88. The highest BCUT2D eigenvalue weighted by Crippen LogP contribution is 2.22. The lowest BCUT2D eigenvalue weighted by Crippen LogP contribution is -2.13. The van der Waals surface area contributed by atoms with Crippen molar-refractivity contribution in [2.75, 3.05) is 7.05 Å². The molecule has 0 amide bonds. The lowest BCUT2D eigenvalue weighted by Gasteiger charge is -2.17. The lowest BCUT2D eigenvalue weighted by atomic mass is 10.2. The fourth-order valence-electron chi connectivity index (χ4n) is 1.41. The van der Waals surface area contributed by atoms with E-state index >= 15 is 0 Å². The summed E-state index contributed by atoms with van der Waals surface area (Å²) < 4.78 is 0. The summed E-state index contributed by atoms with van der Waals surface area (Å²) in [5.74, 6) is -0.844. The molecule has 1 N–H and O–H groups in total. The third-order valence-electron chi connectivity index (χ3n) is 2.44. The normalized spacial score (nSPS) is 11.2. The summed E-state index contributed by atoms with van der Waals surface area (Å²) in [7, 11) is 1.72. The van der Waals surface area contributed by atoms with Gasteiger partial charge in [-0.1, -0.05) is 18.2 Å². The monoisotopic (exact) mass is 281 g/mol. The molecule has 0 fully saturated rings. The first-order valence-corrected chi connectivity index (χ1v) is 6.09. The van der Waals surface area contributed by atoms with Gasteiger partial charge >= 0.3 is 5.97 Å². The zero-order valence-electron chi connectivity index (χ0n) is 10.9. The van der Waals surface area contributed by atoms with E-state index in [2.05, 4.69) is 16.7 Å². The van der Waals surface area contributed by atoms with Gasteiger partial charge in [0.05, 0.1) is 17.1 Å². The summed E-state index contributed by atoms with van der Waals surface area (Å²) in [6.45, 7) is 5.66. The fourth-order valence-corrected chi connectivity index (χ4v) is 1.64. The molecule has 0 saturated heterocycles. The van der Waals surface area contributed by atoms with Crippen LogP contribution >= 0.6 is 11.6 Å². The smallest absolute Gasteiger partial charge is 0.303 e. The molecule has 0 radical (unpaired) electrons. The molecule has 0 saturated carbocycles. The van der Waals surface area contributed by atoms with Crippen molar-refractivity contribution < 1.29 is 9.90 Å². The predicted molar refractivity (Wildman–Crippen MR) is 76.0 cm³/mol. The number of carbonyl (C=O) groups is 1. The minimum absolute atomic E-state index is 0.0555. The van der Waals surface area contributed by atoms with Crippen molar-refractivity contribution in [3.63, 3.8) is 0 Å².